The van der Waals surface area contributed by atoms with Crippen LogP contribution in [-0.4, -0.2) is 28.6 Å². The molecular weight excluding hydrogens is 216 g/mol. The maximum Gasteiger partial charge on any atom is 0.226 e. The van der Waals surface area contributed by atoms with Crippen LogP contribution in [0.4, 0.5) is 0 Å². The van der Waals surface area contributed by atoms with E-state index in [0.717, 1.165) is 5.69 Å². The number of aliphatic hydroxyl groups excluding tert-OH is 1. The smallest absolute Gasteiger partial charge is 0.226 e. The van der Waals surface area contributed by atoms with Crippen molar-refractivity contribution in [2.75, 3.05) is 6.54 Å². The molecule has 1 unspecified atom stereocenters. The monoisotopic (exact) mass is 236 g/mol. The molecule has 0 spiro atoms. The van der Waals surface area contributed by atoms with Crippen LogP contribution in [-0.2, 0) is 11.2 Å². The first-order valence-corrected chi connectivity index (χ1v) is 5.92. The maximum atomic E-state index is 11.5. The van der Waals surface area contributed by atoms with Crippen LogP contribution >= 0.6 is 0 Å². The van der Waals surface area contributed by atoms with Crippen molar-refractivity contribution in [1.29, 1.82) is 0 Å². The topological polar surface area (TPSA) is 62.2 Å². The molecule has 0 bridgehead atoms. The number of hydrogen-bond donors (Lipinski definition) is 2. The number of hydrogen-bond acceptors (Lipinski definition) is 3. The Bertz CT molecular complexity index is 339. The fraction of sp³-hybridized carbons (Fsp3) is 0.538. The molecule has 0 saturated carbocycles. The van der Waals surface area contributed by atoms with Gasteiger partial charge in [0.15, 0.2) is 0 Å². The molecule has 0 aliphatic carbocycles. The summed E-state index contributed by atoms with van der Waals surface area (Å²) in [5.41, 5.74) is 0.739. The van der Waals surface area contributed by atoms with Crippen molar-refractivity contribution in [3.63, 3.8) is 0 Å². The Hall–Kier alpha value is -1.42. The number of carbonyl (C=O) groups is 1. The van der Waals surface area contributed by atoms with Gasteiger partial charge in [-0.2, -0.15) is 0 Å². The van der Waals surface area contributed by atoms with E-state index in [4.69, 9.17) is 0 Å². The number of nitrogens with one attached hydrogen (secondary N) is 1. The zero-order chi connectivity index (χ0) is 12.7. The number of nitrogens with zero attached hydrogens (tertiary/aromatic N) is 1. The molecule has 0 fully saturated rings. The Balaban J connectivity index is 2.26. The summed E-state index contributed by atoms with van der Waals surface area (Å²) in [6.45, 7) is 4.39. The lowest BCUT2D eigenvalue weighted by Gasteiger charge is -2.13. The third-order valence-corrected chi connectivity index (χ3v) is 2.35. The molecule has 0 aliphatic rings. The van der Waals surface area contributed by atoms with E-state index in [1.807, 2.05) is 32.0 Å². The average Bonchev–Trinajstić information content (AvgIpc) is 2.27. The van der Waals surface area contributed by atoms with Gasteiger partial charge in [-0.05, 0) is 24.5 Å². The second-order valence-electron chi connectivity index (χ2n) is 4.59. The Labute approximate surface area is 102 Å². The summed E-state index contributed by atoms with van der Waals surface area (Å²) in [5.74, 6) is 0.323. The quantitative estimate of drug-likeness (QED) is 0.778. The van der Waals surface area contributed by atoms with Gasteiger partial charge in [0.25, 0.3) is 0 Å². The number of rotatable bonds is 6. The Kier molecular flexibility index (Phi) is 5.63. The van der Waals surface area contributed by atoms with Crippen molar-refractivity contribution in [3.05, 3.63) is 30.1 Å². The molecule has 17 heavy (non-hydrogen) atoms. The SMILES string of the molecule is CC(C)CC(O)CNC(=O)Cc1ccccn1. The van der Waals surface area contributed by atoms with Crippen molar-refractivity contribution >= 4 is 5.91 Å². The molecule has 0 radical (unpaired) electrons. The molecule has 94 valence electrons. The van der Waals surface area contributed by atoms with Gasteiger partial charge >= 0.3 is 0 Å². The molecule has 1 rings (SSSR count). The normalized spacial score (nSPS) is 12.5. The highest BCUT2D eigenvalue weighted by atomic mass is 16.3. The summed E-state index contributed by atoms with van der Waals surface area (Å²) in [6, 6.07) is 5.47. The van der Waals surface area contributed by atoms with Crippen LogP contribution in [0.15, 0.2) is 24.4 Å². The largest absolute Gasteiger partial charge is 0.391 e. The van der Waals surface area contributed by atoms with Crippen molar-refractivity contribution < 1.29 is 9.90 Å². The van der Waals surface area contributed by atoms with Gasteiger partial charge in [-0.15, -0.1) is 0 Å². The van der Waals surface area contributed by atoms with Gasteiger partial charge in [-0.25, -0.2) is 0 Å². The molecule has 0 aromatic carbocycles. The molecule has 0 saturated heterocycles. The third-order valence-electron chi connectivity index (χ3n) is 2.35. The number of aromatic nitrogens is 1. The highest BCUT2D eigenvalue weighted by molar-refractivity contribution is 5.78. The summed E-state index contributed by atoms with van der Waals surface area (Å²) in [4.78, 5) is 15.6. The molecular formula is C13H20N2O2. The predicted molar refractivity (Wildman–Crippen MR) is 66.4 cm³/mol. The Morgan fingerprint density at radius 2 is 2.24 bits per heavy atom. The molecule has 1 aromatic heterocycles. The summed E-state index contributed by atoms with van der Waals surface area (Å²) in [5, 5.41) is 12.3. The third kappa shape index (κ3) is 6.02. The van der Waals surface area contributed by atoms with Crippen LogP contribution in [0, 0.1) is 5.92 Å². The Morgan fingerprint density at radius 1 is 1.47 bits per heavy atom. The van der Waals surface area contributed by atoms with E-state index in [1.54, 1.807) is 6.20 Å². The minimum atomic E-state index is -0.470. The second-order valence-corrected chi connectivity index (χ2v) is 4.59. The first kappa shape index (κ1) is 13.6. The van der Waals surface area contributed by atoms with E-state index in [2.05, 4.69) is 10.3 Å². The van der Waals surface area contributed by atoms with E-state index in [1.165, 1.54) is 0 Å². The number of aliphatic hydroxyl groups is 1. The van der Waals surface area contributed by atoms with Gasteiger partial charge in [0.1, 0.15) is 0 Å². The van der Waals surface area contributed by atoms with Gasteiger partial charge in [0.05, 0.1) is 12.5 Å². The lowest BCUT2D eigenvalue weighted by molar-refractivity contribution is -0.121. The average molecular weight is 236 g/mol. The molecule has 4 nitrogen and oxygen atoms in total. The molecule has 1 atom stereocenters. The number of amides is 1. The summed E-state index contributed by atoms with van der Waals surface area (Å²) < 4.78 is 0. The Morgan fingerprint density at radius 3 is 2.82 bits per heavy atom. The molecule has 2 N–H and O–H groups in total. The van der Waals surface area contributed by atoms with Crippen LogP contribution in [0.3, 0.4) is 0 Å². The lowest BCUT2D eigenvalue weighted by Crippen LogP contribution is -2.33. The van der Waals surface area contributed by atoms with Crippen LogP contribution in [0.2, 0.25) is 0 Å². The van der Waals surface area contributed by atoms with Crippen LogP contribution in [0.5, 0.6) is 0 Å². The van der Waals surface area contributed by atoms with Crippen LogP contribution in [0.1, 0.15) is 26.0 Å². The van der Waals surface area contributed by atoms with Crippen molar-refractivity contribution in [2.24, 2.45) is 5.92 Å². The summed E-state index contributed by atoms with van der Waals surface area (Å²) >= 11 is 0. The molecule has 1 aromatic rings. The predicted octanol–water partition coefficient (Wildman–Crippen LogP) is 1.15. The minimum absolute atomic E-state index is 0.105. The maximum absolute atomic E-state index is 11.5. The van der Waals surface area contributed by atoms with Gasteiger partial charge in [-0.3, -0.25) is 9.78 Å². The highest BCUT2D eigenvalue weighted by Gasteiger charge is 2.09. The van der Waals surface area contributed by atoms with E-state index in [9.17, 15) is 9.90 Å². The van der Waals surface area contributed by atoms with E-state index in [0.29, 0.717) is 18.9 Å². The van der Waals surface area contributed by atoms with Crippen LogP contribution < -0.4 is 5.32 Å². The highest BCUT2D eigenvalue weighted by Crippen LogP contribution is 2.03. The van der Waals surface area contributed by atoms with Gasteiger partial charge in [0.2, 0.25) is 5.91 Å². The van der Waals surface area contributed by atoms with E-state index in [-0.39, 0.29) is 12.3 Å². The van der Waals surface area contributed by atoms with Crippen LogP contribution in [0.25, 0.3) is 0 Å². The second kappa shape index (κ2) is 7.01. The van der Waals surface area contributed by atoms with Crippen molar-refractivity contribution in [1.82, 2.24) is 10.3 Å². The number of carbonyl (C=O) groups excluding carboxylic acids is 1. The molecule has 0 aliphatic heterocycles. The van der Waals surface area contributed by atoms with Crippen molar-refractivity contribution in [2.45, 2.75) is 32.8 Å². The molecule has 1 heterocycles. The zero-order valence-corrected chi connectivity index (χ0v) is 10.4. The van der Waals surface area contributed by atoms with Gasteiger partial charge < -0.3 is 10.4 Å². The van der Waals surface area contributed by atoms with E-state index >= 15 is 0 Å². The first-order valence-electron chi connectivity index (χ1n) is 5.92. The minimum Gasteiger partial charge on any atom is -0.391 e. The van der Waals surface area contributed by atoms with E-state index < -0.39 is 6.10 Å². The summed E-state index contributed by atoms with van der Waals surface area (Å²) in [7, 11) is 0. The first-order chi connectivity index (χ1) is 8.08. The number of pyridine rings is 1. The van der Waals surface area contributed by atoms with Crippen molar-refractivity contribution in [3.8, 4) is 0 Å². The zero-order valence-electron chi connectivity index (χ0n) is 10.4. The fourth-order valence-corrected chi connectivity index (χ4v) is 1.59. The fourth-order valence-electron chi connectivity index (χ4n) is 1.59. The summed E-state index contributed by atoms with van der Waals surface area (Å²) in [6.07, 6.45) is 2.15. The molecule has 4 heteroatoms. The molecule has 1 amide bonds. The standard InChI is InChI=1S/C13H20N2O2/c1-10(2)7-12(16)9-15-13(17)8-11-5-3-4-6-14-11/h3-6,10,12,16H,7-9H2,1-2H3,(H,15,17). The lowest BCUT2D eigenvalue weighted by atomic mass is 10.1. The van der Waals surface area contributed by atoms with Gasteiger partial charge in [0, 0.05) is 18.4 Å². The van der Waals surface area contributed by atoms with Gasteiger partial charge in [-0.1, -0.05) is 19.9 Å².